The number of hydrogen-bond acceptors (Lipinski definition) is 13. The standard InChI is InChI=1S/C57H74N8O8S/c1-38(2)47-7-5-6-8-48(47)52-37-62(36-40-9-12-44(72-4)13-10-40)27-28-64(52)43-32-57(33-43)22-25-63(26-23-57)42-11-15-49(53(30-42)73-45-29-41-19-24-58-54(41)60-35-45)55(66)61-74(70,71)46-14-16-50(51(31-46)65(68)69)59-34-39-17-20-56(3,67)21-18-39/h5-8,11,14-16,19,24,29-31,35,38-40,43-44,52,59,67H,9-10,12-13,17-18,20-23,25-28,32-34,36-37H2,1-4H3,(H,58,60)(H,61,66). The molecule has 0 radical (unpaired) electrons. The number of pyridine rings is 1. The maximum atomic E-state index is 14.1. The van der Waals surface area contributed by atoms with Gasteiger partial charge in [0.05, 0.1) is 33.3 Å². The number of nitro groups is 1. The number of methoxy groups -OCH3 is 1. The van der Waals surface area contributed by atoms with Crippen molar-refractivity contribution in [3.05, 3.63) is 112 Å². The number of piperidine rings is 1. The normalized spacial score (nSPS) is 25.0. The van der Waals surface area contributed by atoms with Crippen molar-refractivity contribution in [2.75, 3.05) is 63.1 Å². The molecule has 3 saturated carbocycles. The summed E-state index contributed by atoms with van der Waals surface area (Å²) in [5.74, 6) is 0.957. The molecule has 1 atom stereocenters. The Hall–Kier alpha value is -5.59. The summed E-state index contributed by atoms with van der Waals surface area (Å²) in [4.78, 5) is 40.8. The highest BCUT2D eigenvalue weighted by Crippen LogP contribution is 2.53. The van der Waals surface area contributed by atoms with Crippen molar-refractivity contribution in [1.29, 1.82) is 0 Å². The molecule has 2 saturated heterocycles. The van der Waals surface area contributed by atoms with Gasteiger partial charge in [-0.1, -0.05) is 38.1 Å². The number of ether oxygens (including phenoxy) is 2. The highest BCUT2D eigenvalue weighted by Gasteiger charge is 2.50. The largest absolute Gasteiger partial charge is 0.455 e. The maximum absolute atomic E-state index is 14.1. The van der Waals surface area contributed by atoms with Crippen LogP contribution in [0, 0.1) is 27.4 Å². The Bertz CT molecular complexity index is 2910. The molecular weight excluding hydrogens is 957 g/mol. The van der Waals surface area contributed by atoms with Crippen LogP contribution in [0.15, 0.2) is 90.1 Å². The van der Waals surface area contributed by atoms with Crippen LogP contribution in [0.3, 0.4) is 0 Å². The summed E-state index contributed by atoms with van der Waals surface area (Å²) in [6.07, 6.45) is 15.8. The molecule has 74 heavy (non-hydrogen) atoms. The van der Waals surface area contributed by atoms with Crippen LogP contribution < -0.4 is 19.7 Å². The van der Waals surface area contributed by atoms with Crippen LogP contribution in [-0.4, -0.2) is 115 Å². The Morgan fingerprint density at radius 3 is 2.42 bits per heavy atom. The van der Waals surface area contributed by atoms with E-state index >= 15 is 0 Å². The van der Waals surface area contributed by atoms with Crippen molar-refractivity contribution in [1.82, 2.24) is 24.5 Å². The first-order valence-corrected chi connectivity index (χ1v) is 28.4. The number of piperazine rings is 1. The first-order chi connectivity index (χ1) is 35.5. The molecule has 2 aromatic heterocycles. The minimum atomic E-state index is -4.58. The molecule has 4 N–H and O–H groups in total. The molecule has 396 valence electrons. The van der Waals surface area contributed by atoms with E-state index in [0.29, 0.717) is 54.9 Å². The average molecular weight is 1030 g/mol. The number of aromatic amines is 1. The smallest absolute Gasteiger partial charge is 0.293 e. The van der Waals surface area contributed by atoms with Gasteiger partial charge in [-0.05, 0) is 155 Å². The number of nitro benzene ring substituents is 1. The number of benzene rings is 3. The molecule has 10 rings (SSSR count). The van der Waals surface area contributed by atoms with E-state index in [1.54, 1.807) is 30.6 Å². The summed E-state index contributed by atoms with van der Waals surface area (Å²) in [7, 11) is -2.73. The quantitative estimate of drug-likeness (QED) is 0.0539. The monoisotopic (exact) mass is 1030 g/mol. The third kappa shape index (κ3) is 11.5. The summed E-state index contributed by atoms with van der Waals surface area (Å²) in [6.45, 7) is 12.9. The number of carbonyl (C=O) groups excluding carboxylic acids is 1. The van der Waals surface area contributed by atoms with Crippen molar-refractivity contribution in [3.63, 3.8) is 0 Å². The number of nitrogens with one attached hydrogen (secondary N) is 3. The topological polar surface area (TPSA) is 195 Å². The molecule has 4 heterocycles. The Balaban J connectivity index is 0.822. The van der Waals surface area contributed by atoms with Crippen molar-refractivity contribution in [3.8, 4) is 11.5 Å². The molecule has 3 aromatic carbocycles. The highest BCUT2D eigenvalue weighted by molar-refractivity contribution is 7.90. The lowest BCUT2D eigenvalue weighted by atomic mass is 9.59. The van der Waals surface area contributed by atoms with Crippen molar-refractivity contribution < 1.29 is 32.7 Å². The summed E-state index contributed by atoms with van der Waals surface area (Å²) < 4.78 is 42.0. The minimum Gasteiger partial charge on any atom is -0.455 e. The number of H-pyrrole nitrogens is 1. The zero-order valence-electron chi connectivity index (χ0n) is 43.4. The van der Waals surface area contributed by atoms with Gasteiger partial charge in [-0.15, -0.1) is 0 Å². The van der Waals surface area contributed by atoms with Gasteiger partial charge >= 0.3 is 0 Å². The first-order valence-electron chi connectivity index (χ1n) is 27.0. The summed E-state index contributed by atoms with van der Waals surface area (Å²) >= 11 is 0. The van der Waals surface area contributed by atoms with E-state index < -0.39 is 37.0 Å². The third-order valence-electron chi connectivity index (χ3n) is 17.4. The van der Waals surface area contributed by atoms with Crippen LogP contribution in [0.5, 0.6) is 11.5 Å². The van der Waals surface area contributed by atoms with E-state index in [9.17, 15) is 28.4 Å². The predicted molar refractivity (Wildman–Crippen MR) is 288 cm³/mol. The second-order valence-corrected chi connectivity index (χ2v) is 24.5. The summed E-state index contributed by atoms with van der Waals surface area (Å²) in [5, 5.41) is 26.5. The average Bonchev–Trinajstić information content (AvgIpc) is 3.86. The lowest BCUT2D eigenvalue weighted by Crippen LogP contribution is -2.60. The van der Waals surface area contributed by atoms with Crippen molar-refractivity contribution in [2.24, 2.45) is 17.3 Å². The van der Waals surface area contributed by atoms with Gasteiger partial charge in [0.1, 0.15) is 22.8 Å². The fourth-order valence-corrected chi connectivity index (χ4v) is 13.9. The van der Waals surface area contributed by atoms with Gasteiger partial charge in [-0.3, -0.25) is 24.7 Å². The van der Waals surface area contributed by atoms with Gasteiger partial charge < -0.3 is 29.8 Å². The SMILES string of the molecule is COC1CCC(CN2CCN(C3CC4(CCN(c5ccc(C(=O)NS(=O)(=O)c6ccc(NCC7CCC(C)(O)CC7)c([N+](=O)[O-])c6)c(Oc6cnc7[nH]ccc7c6)c5)CC4)C3)C(c3ccccc3C(C)C)C2)CC1. The fraction of sp³-hybridized carbons (Fsp3) is 0.544. The van der Waals surface area contributed by atoms with Crippen LogP contribution in [0.25, 0.3) is 11.0 Å². The molecular formula is C57H74N8O8S. The van der Waals surface area contributed by atoms with E-state index in [-0.39, 0.29) is 28.3 Å². The van der Waals surface area contributed by atoms with E-state index in [1.165, 1.54) is 55.5 Å². The number of aromatic nitrogens is 2. The molecule has 1 amide bonds. The number of sulfonamides is 1. The second-order valence-electron chi connectivity index (χ2n) is 22.8. The van der Waals surface area contributed by atoms with E-state index in [1.807, 2.05) is 26.2 Å². The molecule has 5 aliphatic rings. The minimum absolute atomic E-state index is 0.0202. The summed E-state index contributed by atoms with van der Waals surface area (Å²) in [5.41, 5.74) is 3.74. The number of carbonyl (C=O) groups is 1. The number of fused-ring (bicyclic) bond motifs is 1. The predicted octanol–water partition coefficient (Wildman–Crippen LogP) is 10.2. The van der Waals surface area contributed by atoms with Gasteiger partial charge in [-0.2, -0.15) is 0 Å². The van der Waals surface area contributed by atoms with E-state index in [2.05, 4.69) is 72.8 Å². The zero-order chi connectivity index (χ0) is 51.8. The number of amides is 1. The number of hydrogen-bond donors (Lipinski definition) is 4. The molecule has 0 bridgehead atoms. The van der Waals surface area contributed by atoms with Crippen LogP contribution in [0.4, 0.5) is 17.1 Å². The third-order valence-corrected chi connectivity index (χ3v) is 18.7. The molecule has 5 fully saturated rings. The van der Waals surface area contributed by atoms with Crippen LogP contribution >= 0.6 is 0 Å². The number of anilines is 2. The Kier molecular flexibility index (Phi) is 15.1. The van der Waals surface area contributed by atoms with Crippen molar-refractivity contribution in [2.45, 2.75) is 132 Å². The van der Waals surface area contributed by atoms with E-state index in [0.717, 1.165) is 94.3 Å². The second kappa shape index (κ2) is 21.6. The van der Waals surface area contributed by atoms with Gasteiger partial charge in [0.15, 0.2) is 0 Å². The number of aliphatic hydroxyl groups is 1. The molecule has 1 unspecified atom stereocenters. The van der Waals surface area contributed by atoms with Crippen molar-refractivity contribution >= 4 is 44.0 Å². The lowest BCUT2D eigenvalue weighted by molar-refractivity contribution is -0.384. The highest BCUT2D eigenvalue weighted by atomic mass is 32.2. The molecule has 16 nitrogen and oxygen atoms in total. The molecule has 3 aliphatic carbocycles. The van der Waals surface area contributed by atoms with Gasteiger partial charge in [-0.25, -0.2) is 18.1 Å². The molecule has 2 aliphatic heterocycles. The number of rotatable bonds is 16. The van der Waals surface area contributed by atoms with Gasteiger partial charge in [0.25, 0.3) is 21.6 Å². The Morgan fingerprint density at radius 1 is 0.932 bits per heavy atom. The Labute approximate surface area is 435 Å². The Morgan fingerprint density at radius 2 is 1.69 bits per heavy atom. The van der Waals surface area contributed by atoms with E-state index in [4.69, 9.17) is 9.47 Å². The van der Waals surface area contributed by atoms with Gasteiger partial charge in [0, 0.05) is 94.4 Å². The van der Waals surface area contributed by atoms with Gasteiger partial charge in [0.2, 0.25) is 0 Å². The molecule has 1 spiro atoms. The molecule has 17 heteroatoms. The maximum Gasteiger partial charge on any atom is 0.293 e. The lowest BCUT2D eigenvalue weighted by Gasteiger charge is -2.58. The fourth-order valence-electron chi connectivity index (χ4n) is 12.9. The number of nitrogens with zero attached hydrogens (tertiary/aromatic N) is 5. The van der Waals surface area contributed by atoms with Crippen LogP contribution in [-0.2, 0) is 14.8 Å². The first kappa shape index (κ1) is 51.9. The molecule has 5 aromatic rings. The summed E-state index contributed by atoms with van der Waals surface area (Å²) in [6, 6.07) is 22.5. The van der Waals surface area contributed by atoms with Crippen LogP contribution in [0.2, 0.25) is 0 Å². The zero-order valence-corrected chi connectivity index (χ0v) is 44.2. The van der Waals surface area contributed by atoms with Crippen LogP contribution in [0.1, 0.15) is 131 Å².